The van der Waals surface area contributed by atoms with E-state index in [1.54, 1.807) is 6.07 Å². The molecule has 1 heterocycles. The van der Waals surface area contributed by atoms with E-state index in [1.807, 2.05) is 24.3 Å². The van der Waals surface area contributed by atoms with Gasteiger partial charge in [-0.2, -0.15) is 0 Å². The van der Waals surface area contributed by atoms with Crippen molar-refractivity contribution in [1.82, 2.24) is 4.98 Å². The third kappa shape index (κ3) is 3.36. The third-order valence-electron chi connectivity index (χ3n) is 1.57. The Morgan fingerprint density at radius 3 is 2.85 bits per heavy atom. The van der Waals surface area contributed by atoms with Crippen molar-refractivity contribution in [3.63, 3.8) is 0 Å². The van der Waals surface area contributed by atoms with E-state index in [2.05, 4.69) is 4.98 Å². The van der Waals surface area contributed by atoms with Crippen LogP contribution in [0.15, 0.2) is 24.3 Å². The van der Waals surface area contributed by atoms with Crippen molar-refractivity contribution in [1.29, 1.82) is 0 Å². The maximum absolute atomic E-state index is 8.81. The van der Waals surface area contributed by atoms with Gasteiger partial charge in [-0.25, -0.2) is 0 Å². The lowest BCUT2D eigenvalue weighted by atomic mass is 10.2. The van der Waals surface area contributed by atoms with Crippen LogP contribution >= 0.6 is 0 Å². The van der Waals surface area contributed by atoms with E-state index < -0.39 is 0 Å². The van der Waals surface area contributed by atoms with E-state index in [0.29, 0.717) is 12.1 Å². The van der Waals surface area contributed by atoms with Crippen LogP contribution in [0, 0.1) is 0 Å². The highest BCUT2D eigenvalue weighted by Crippen LogP contribution is 2.01. The molecule has 0 unspecified atom stereocenters. The minimum atomic E-state index is -0.0400. The fraction of sp³-hybridized carbons (Fsp3) is 0.300. The lowest BCUT2D eigenvalue weighted by Crippen LogP contribution is -1.90. The lowest BCUT2D eigenvalue weighted by molar-refractivity contribution is 0.277. The van der Waals surface area contributed by atoms with Gasteiger partial charge < -0.3 is 10.2 Å². The van der Waals surface area contributed by atoms with Gasteiger partial charge in [0.2, 0.25) is 0 Å². The largest absolute Gasteiger partial charge is 0.396 e. The van der Waals surface area contributed by atoms with Crippen molar-refractivity contribution in [3.05, 3.63) is 35.7 Å². The van der Waals surface area contributed by atoms with E-state index >= 15 is 0 Å². The number of aromatic nitrogens is 1. The van der Waals surface area contributed by atoms with E-state index in [9.17, 15) is 0 Å². The summed E-state index contributed by atoms with van der Waals surface area (Å²) in [4.78, 5) is 4.14. The van der Waals surface area contributed by atoms with Crippen LogP contribution in [0.25, 0.3) is 6.08 Å². The summed E-state index contributed by atoms with van der Waals surface area (Å²) in [6.45, 7) is 0.109. The second-order valence-corrected chi connectivity index (χ2v) is 2.63. The predicted molar refractivity (Wildman–Crippen MR) is 50.9 cm³/mol. The zero-order valence-corrected chi connectivity index (χ0v) is 7.35. The predicted octanol–water partition coefficient (Wildman–Crippen LogP) is 0.969. The minimum Gasteiger partial charge on any atom is -0.396 e. The van der Waals surface area contributed by atoms with Crippen LogP contribution in [-0.2, 0) is 6.61 Å². The Hall–Kier alpha value is -1.19. The second kappa shape index (κ2) is 5.45. The second-order valence-electron chi connectivity index (χ2n) is 2.63. The Bertz CT molecular complexity index is 284. The molecule has 0 aromatic carbocycles. The third-order valence-corrected chi connectivity index (χ3v) is 1.57. The Morgan fingerprint density at radius 2 is 2.15 bits per heavy atom. The van der Waals surface area contributed by atoms with Gasteiger partial charge >= 0.3 is 0 Å². The van der Waals surface area contributed by atoms with Gasteiger partial charge in [0, 0.05) is 6.61 Å². The first-order valence-electron chi connectivity index (χ1n) is 4.21. The number of pyridine rings is 1. The summed E-state index contributed by atoms with van der Waals surface area (Å²) < 4.78 is 0. The lowest BCUT2D eigenvalue weighted by Gasteiger charge is -1.96. The monoisotopic (exact) mass is 179 g/mol. The molecule has 3 nitrogen and oxygen atoms in total. The van der Waals surface area contributed by atoms with Crippen molar-refractivity contribution < 1.29 is 10.2 Å². The van der Waals surface area contributed by atoms with Crippen molar-refractivity contribution >= 4 is 6.08 Å². The molecule has 3 heteroatoms. The van der Waals surface area contributed by atoms with Crippen molar-refractivity contribution in [2.45, 2.75) is 13.0 Å². The number of nitrogens with zero attached hydrogens (tertiary/aromatic N) is 1. The van der Waals surface area contributed by atoms with Crippen molar-refractivity contribution in [3.8, 4) is 0 Å². The van der Waals surface area contributed by atoms with Crippen LogP contribution < -0.4 is 0 Å². The van der Waals surface area contributed by atoms with Gasteiger partial charge in [-0.15, -0.1) is 0 Å². The van der Waals surface area contributed by atoms with Gasteiger partial charge in [-0.3, -0.25) is 4.98 Å². The highest BCUT2D eigenvalue weighted by molar-refractivity contribution is 5.44. The first-order chi connectivity index (χ1) is 6.36. The van der Waals surface area contributed by atoms with Crippen LogP contribution in [0.5, 0.6) is 0 Å². The van der Waals surface area contributed by atoms with Gasteiger partial charge in [-0.05, 0) is 24.6 Å². The maximum Gasteiger partial charge on any atom is 0.0853 e. The van der Waals surface area contributed by atoms with Gasteiger partial charge in [0.1, 0.15) is 0 Å². The van der Waals surface area contributed by atoms with Crippen molar-refractivity contribution in [2.75, 3.05) is 6.61 Å². The number of hydrogen-bond acceptors (Lipinski definition) is 3. The van der Waals surface area contributed by atoms with Crippen molar-refractivity contribution in [2.24, 2.45) is 0 Å². The van der Waals surface area contributed by atoms with E-state index in [4.69, 9.17) is 10.2 Å². The molecule has 0 radical (unpaired) electrons. The van der Waals surface area contributed by atoms with E-state index in [0.717, 1.165) is 5.69 Å². The van der Waals surface area contributed by atoms with Gasteiger partial charge in [0.05, 0.1) is 18.0 Å². The summed E-state index contributed by atoms with van der Waals surface area (Å²) in [7, 11) is 0. The summed E-state index contributed by atoms with van der Waals surface area (Å²) in [5.74, 6) is 0. The highest BCUT2D eigenvalue weighted by atomic mass is 16.3. The average Bonchev–Trinajstić information content (AvgIpc) is 2.19. The quantitative estimate of drug-likeness (QED) is 0.724. The molecule has 2 N–H and O–H groups in total. The highest BCUT2D eigenvalue weighted by Gasteiger charge is 1.91. The number of rotatable bonds is 4. The van der Waals surface area contributed by atoms with E-state index in [-0.39, 0.29) is 13.2 Å². The topological polar surface area (TPSA) is 53.4 Å². The molecule has 0 atom stereocenters. The van der Waals surface area contributed by atoms with E-state index in [1.165, 1.54) is 0 Å². The Balaban J connectivity index is 2.66. The van der Waals surface area contributed by atoms with Gasteiger partial charge in [0.15, 0.2) is 0 Å². The first kappa shape index (κ1) is 9.89. The molecule has 1 rings (SSSR count). The Morgan fingerprint density at radius 1 is 1.31 bits per heavy atom. The average molecular weight is 179 g/mol. The first-order valence-corrected chi connectivity index (χ1v) is 4.21. The zero-order chi connectivity index (χ0) is 9.52. The van der Waals surface area contributed by atoms with Gasteiger partial charge in [-0.1, -0.05) is 12.1 Å². The van der Waals surface area contributed by atoms with Gasteiger partial charge in [0.25, 0.3) is 0 Å². The molecule has 0 aliphatic rings. The number of hydrogen-bond donors (Lipinski definition) is 2. The Labute approximate surface area is 77.4 Å². The Kier molecular flexibility index (Phi) is 4.15. The van der Waals surface area contributed by atoms with Crippen LogP contribution in [-0.4, -0.2) is 21.8 Å². The smallest absolute Gasteiger partial charge is 0.0853 e. The molecule has 0 saturated carbocycles. The number of aliphatic hydroxyl groups excluding tert-OH is 2. The molecule has 0 fully saturated rings. The normalized spacial score (nSPS) is 10.9. The molecule has 1 aromatic heterocycles. The molecule has 0 saturated heterocycles. The molecular weight excluding hydrogens is 166 g/mol. The molecule has 0 aliphatic heterocycles. The summed E-state index contributed by atoms with van der Waals surface area (Å²) >= 11 is 0. The fourth-order valence-corrected chi connectivity index (χ4v) is 0.958. The summed E-state index contributed by atoms with van der Waals surface area (Å²) in [5, 5.41) is 17.3. The summed E-state index contributed by atoms with van der Waals surface area (Å²) in [6.07, 6.45) is 4.31. The van der Waals surface area contributed by atoms with Crippen LogP contribution in [0.4, 0.5) is 0 Å². The summed E-state index contributed by atoms with van der Waals surface area (Å²) in [5.41, 5.74) is 1.46. The minimum absolute atomic E-state index is 0.0400. The van der Waals surface area contributed by atoms with Crippen LogP contribution in [0.2, 0.25) is 0 Å². The standard InChI is InChI=1S/C10H13NO2/c12-7-2-1-4-9-5-3-6-10(8-13)11-9/h1,3-6,12-13H,2,7-8H2. The summed E-state index contributed by atoms with van der Waals surface area (Å²) in [6, 6.07) is 5.47. The SMILES string of the molecule is OCCC=Cc1cccc(CO)n1. The maximum atomic E-state index is 8.81. The number of aliphatic hydroxyl groups is 2. The molecule has 0 amide bonds. The molecule has 0 aliphatic carbocycles. The molecular formula is C10H13NO2. The molecule has 70 valence electrons. The molecule has 13 heavy (non-hydrogen) atoms. The van der Waals surface area contributed by atoms with Crippen LogP contribution in [0.3, 0.4) is 0 Å². The molecule has 0 bridgehead atoms. The zero-order valence-electron chi connectivity index (χ0n) is 7.35. The molecule has 1 aromatic rings. The fourth-order valence-electron chi connectivity index (χ4n) is 0.958. The molecule has 0 spiro atoms. The van der Waals surface area contributed by atoms with Crippen LogP contribution in [0.1, 0.15) is 17.8 Å².